The van der Waals surface area contributed by atoms with Gasteiger partial charge in [-0.25, -0.2) is 0 Å². The minimum absolute atomic E-state index is 0. The molecule has 0 bridgehead atoms. The van der Waals surface area contributed by atoms with E-state index in [1.54, 1.807) is 0 Å². The van der Waals surface area contributed by atoms with Gasteiger partial charge in [-0.1, -0.05) is 78.9 Å². The summed E-state index contributed by atoms with van der Waals surface area (Å²) in [6.45, 7) is 0. The number of pyridine rings is 1. The molecule has 2 heteroatoms. The second-order valence-corrected chi connectivity index (χ2v) is 8.71. The molecule has 1 aliphatic carbocycles. The Morgan fingerprint density at radius 1 is 0.486 bits per heavy atom. The van der Waals surface area contributed by atoms with Crippen molar-refractivity contribution in [1.29, 1.82) is 0 Å². The van der Waals surface area contributed by atoms with E-state index >= 15 is 0 Å². The molecule has 0 aliphatic heterocycles. The van der Waals surface area contributed by atoms with Crippen LogP contribution in [0.5, 0.6) is 0 Å². The van der Waals surface area contributed by atoms with Crippen LogP contribution in [-0.2, 0) is 20.1 Å². The molecule has 0 saturated heterocycles. The predicted molar refractivity (Wildman–Crippen MR) is 141 cm³/mol. The van der Waals surface area contributed by atoms with Crippen molar-refractivity contribution in [2.24, 2.45) is 0 Å². The largest absolute Gasteiger partial charge is 0.296 e. The van der Waals surface area contributed by atoms with Gasteiger partial charge in [0, 0.05) is 25.5 Å². The molecule has 0 unspecified atom stereocenters. The number of rotatable bonds is 3. The molecule has 1 radical (unpaired) electrons. The van der Waals surface area contributed by atoms with Crippen LogP contribution in [0.25, 0.3) is 66.7 Å². The van der Waals surface area contributed by atoms with Crippen molar-refractivity contribution in [3.63, 3.8) is 0 Å². The summed E-state index contributed by atoms with van der Waals surface area (Å²) in [5.74, 6) is 0. The fourth-order valence-electron chi connectivity index (χ4n) is 5.17. The third-order valence-electron chi connectivity index (χ3n) is 6.73. The van der Waals surface area contributed by atoms with Gasteiger partial charge in [-0.05, 0) is 68.4 Å². The standard InChI is InChI=1S/C33H20N.Ir/c1-4-11-22(12-5-1)26-19-28-25-17-10-18-31-33(25)30(21-32(34-31)24-15-8-3-9-16-24)29(28)20-27(26)23-13-6-2-7-14-23;/h1-15,17-21H;/q-1;. The van der Waals surface area contributed by atoms with Gasteiger partial charge in [-0.15, -0.1) is 35.9 Å². The van der Waals surface area contributed by atoms with Gasteiger partial charge in [-0.2, -0.15) is 0 Å². The molecule has 1 nitrogen and oxygen atoms in total. The van der Waals surface area contributed by atoms with E-state index in [9.17, 15) is 0 Å². The first kappa shape index (κ1) is 21.7. The van der Waals surface area contributed by atoms with Gasteiger partial charge >= 0.3 is 0 Å². The molecular formula is C33H20IrN-. The molecular weight excluding hydrogens is 603 g/mol. The summed E-state index contributed by atoms with van der Waals surface area (Å²) in [7, 11) is 0. The minimum Gasteiger partial charge on any atom is -0.296 e. The first-order valence-corrected chi connectivity index (χ1v) is 11.6. The molecule has 1 heterocycles. The maximum atomic E-state index is 5.02. The van der Waals surface area contributed by atoms with Gasteiger partial charge in [0.05, 0.1) is 5.52 Å². The van der Waals surface area contributed by atoms with E-state index < -0.39 is 0 Å². The summed E-state index contributed by atoms with van der Waals surface area (Å²) < 4.78 is 0. The smallest absolute Gasteiger partial charge is 0.0607 e. The monoisotopic (exact) mass is 623 g/mol. The quantitative estimate of drug-likeness (QED) is 0.180. The fourth-order valence-corrected chi connectivity index (χ4v) is 5.17. The molecule has 0 spiro atoms. The molecule has 5 aromatic carbocycles. The summed E-state index contributed by atoms with van der Waals surface area (Å²) in [6, 6.07) is 46.2. The predicted octanol–water partition coefficient (Wildman–Crippen LogP) is 8.68. The van der Waals surface area contributed by atoms with Crippen LogP contribution in [0.15, 0.2) is 121 Å². The van der Waals surface area contributed by atoms with Crippen LogP contribution in [-0.4, -0.2) is 4.98 Å². The van der Waals surface area contributed by atoms with Crippen molar-refractivity contribution in [3.8, 4) is 55.8 Å². The van der Waals surface area contributed by atoms with E-state index in [2.05, 4.69) is 109 Å². The van der Waals surface area contributed by atoms with Crippen LogP contribution in [0.1, 0.15) is 0 Å². The molecule has 0 amide bonds. The maximum absolute atomic E-state index is 5.02. The molecule has 0 fully saturated rings. The molecule has 1 aliphatic rings. The zero-order chi connectivity index (χ0) is 22.5. The third kappa shape index (κ3) is 3.54. The molecule has 35 heavy (non-hydrogen) atoms. The van der Waals surface area contributed by atoms with Gasteiger partial charge in [0.25, 0.3) is 0 Å². The molecule has 1 aromatic heterocycles. The SMILES string of the molecule is [Ir].[c-]1ccccc1-c1cc2c3c(cccc3n1)-c1cc(-c3ccccc3)c(-c3ccccc3)cc1-2. The van der Waals surface area contributed by atoms with Gasteiger partial charge in [0.2, 0.25) is 0 Å². The molecule has 167 valence electrons. The minimum atomic E-state index is 0. The van der Waals surface area contributed by atoms with Crippen molar-refractivity contribution < 1.29 is 20.1 Å². The van der Waals surface area contributed by atoms with Crippen LogP contribution in [0.4, 0.5) is 0 Å². The van der Waals surface area contributed by atoms with Crippen molar-refractivity contribution in [3.05, 3.63) is 127 Å². The average molecular weight is 623 g/mol. The van der Waals surface area contributed by atoms with Crippen molar-refractivity contribution in [1.82, 2.24) is 4.98 Å². The van der Waals surface area contributed by atoms with Crippen molar-refractivity contribution >= 4 is 10.9 Å². The van der Waals surface area contributed by atoms with Crippen LogP contribution in [0, 0.1) is 6.07 Å². The zero-order valence-corrected chi connectivity index (χ0v) is 21.2. The third-order valence-corrected chi connectivity index (χ3v) is 6.73. The van der Waals surface area contributed by atoms with Crippen LogP contribution in [0.3, 0.4) is 0 Å². The van der Waals surface area contributed by atoms with Crippen LogP contribution >= 0.6 is 0 Å². The number of aromatic nitrogens is 1. The first-order chi connectivity index (χ1) is 16.9. The normalized spacial score (nSPS) is 11.2. The second kappa shape index (κ2) is 8.74. The number of hydrogen-bond acceptors (Lipinski definition) is 1. The summed E-state index contributed by atoms with van der Waals surface area (Å²) in [6.07, 6.45) is 0. The molecule has 0 atom stereocenters. The topological polar surface area (TPSA) is 12.9 Å². The molecule has 6 aromatic rings. The molecule has 7 rings (SSSR count). The second-order valence-electron chi connectivity index (χ2n) is 8.71. The number of nitrogens with zero attached hydrogens (tertiary/aromatic N) is 1. The summed E-state index contributed by atoms with van der Waals surface area (Å²) in [5, 5.41) is 1.24. The van der Waals surface area contributed by atoms with Gasteiger partial charge in [0.1, 0.15) is 0 Å². The number of hydrogen-bond donors (Lipinski definition) is 0. The Kier molecular flexibility index (Phi) is 5.41. The number of fused-ring (bicyclic) bond motifs is 3. The Morgan fingerprint density at radius 2 is 1.11 bits per heavy atom. The Balaban J connectivity index is 0.00000229. The summed E-state index contributed by atoms with van der Waals surface area (Å²) >= 11 is 0. The van der Waals surface area contributed by atoms with Crippen LogP contribution < -0.4 is 0 Å². The van der Waals surface area contributed by atoms with E-state index in [-0.39, 0.29) is 20.1 Å². The van der Waals surface area contributed by atoms with Crippen LogP contribution in [0.2, 0.25) is 0 Å². The van der Waals surface area contributed by atoms with E-state index in [0.29, 0.717) is 0 Å². The van der Waals surface area contributed by atoms with E-state index in [1.807, 2.05) is 18.2 Å². The Labute approximate surface area is 218 Å². The Bertz CT molecular complexity index is 1670. The summed E-state index contributed by atoms with van der Waals surface area (Å²) in [5.41, 5.74) is 13.0. The Morgan fingerprint density at radius 3 is 1.74 bits per heavy atom. The van der Waals surface area contributed by atoms with E-state index in [4.69, 9.17) is 4.98 Å². The van der Waals surface area contributed by atoms with E-state index in [1.165, 1.54) is 49.9 Å². The van der Waals surface area contributed by atoms with Crippen molar-refractivity contribution in [2.75, 3.05) is 0 Å². The van der Waals surface area contributed by atoms with Gasteiger partial charge < -0.3 is 0 Å². The molecule has 0 N–H and O–H groups in total. The number of benzene rings is 5. The van der Waals surface area contributed by atoms with Gasteiger partial charge in [-0.3, -0.25) is 4.98 Å². The first-order valence-electron chi connectivity index (χ1n) is 11.6. The zero-order valence-electron chi connectivity index (χ0n) is 18.8. The summed E-state index contributed by atoms with van der Waals surface area (Å²) in [4.78, 5) is 5.02. The molecule has 0 saturated carbocycles. The Hall–Kier alpha value is -3.84. The maximum Gasteiger partial charge on any atom is 0.0607 e. The average Bonchev–Trinajstić information content (AvgIpc) is 3.23. The van der Waals surface area contributed by atoms with E-state index in [0.717, 1.165) is 16.8 Å². The fraction of sp³-hybridized carbons (Fsp3) is 0. The van der Waals surface area contributed by atoms with Gasteiger partial charge in [0.15, 0.2) is 0 Å². The van der Waals surface area contributed by atoms with Crippen molar-refractivity contribution in [2.45, 2.75) is 0 Å².